The third-order valence-electron chi connectivity index (χ3n) is 7.91. The average molecular weight is 624 g/mol. The molecule has 0 spiro atoms. The van der Waals surface area contributed by atoms with E-state index in [-0.39, 0.29) is 19.6 Å². The molecule has 0 unspecified atom stereocenters. The van der Waals surface area contributed by atoms with Gasteiger partial charge in [0.15, 0.2) is 0 Å². The number of ether oxygens (including phenoxy) is 5. The molecule has 0 aromatic heterocycles. The van der Waals surface area contributed by atoms with E-state index in [2.05, 4.69) is 10.0 Å². The highest BCUT2D eigenvalue weighted by Gasteiger charge is 2.48. The highest BCUT2D eigenvalue weighted by molar-refractivity contribution is 5.16. The van der Waals surface area contributed by atoms with E-state index < -0.39 is 36.6 Å². The molecule has 0 bridgehead atoms. The lowest BCUT2D eigenvalue weighted by Crippen LogP contribution is -2.61. The second-order valence-electron chi connectivity index (χ2n) is 11.3. The molecule has 0 radical (unpaired) electrons. The first-order valence-corrected chi connectivity index (χ1v) is 15.6. The lowest BCUT2D eigenvalue weighted by Gasteiger charge is -2.46. The Kier molecular flexibility index (Phi) is 13.2. The fraction of sp³-hybridized carbons (Fsp3) is 0.351. The molecule has 1 heterocycles. The van der Waals surface area contributed by atoms with Crippen LogP contribution >= 0.6 is 0 Å². The molecule has 0 aliphatic carbocycles. The van der Waals surface area contributed by atoms with Crippen molar-refractivity contribution in [2.24, 2.45) is 5.11 Å². The largest absolute Gasteiger partial charge is 0.396 e. The molecule has 1 N–H and O–H groups in total. The van der Waals surface area contributed by atoms with E-state index >= 15 is 0 Å². The predicted octanol–water partition coefficient (Wildman–Crippen LogP) is 6.79. The van der Waals surface area contributed by atoms with Crippen molar-refractivity contribution in [1.29, 1.82) is 0 Å². The molecule has 4 aromatic rings. The van der Waals surface area contributed by atoms with Crippen molar-refractivity contribution in [3.05, 3.63) is 154 Å². The monoisotopic (exact) mass is 623 g/mol. The standard InChI is InChI=1S/C37H41N3O6/c38-40-39-32(22-41)21-33-35(43-24-29-15-7-2-8-16-29)37(45-26-31-19-11-4-12-20-31)36(44-25-30-17-9-3-10-18-30)34(46-33)27-42-23-28-13-5-1-6-14-28/h1-20,32-37,41H,21-27H2/t32-,33+,34-,35+,36+,37-/m1/s1. The van der Waals surface area contributed by atoms with E-state index in [1.807, 2.05) is 121 Å². The van der Waals surface area contributed by atoms with Crippen LogP contribution in [0.1, 0.15) is 28.7 Å². The van der Waals surface area contributed by atoms with E-state index in [1.165, 1.54) is 0 Å². The number of aliphatic hydroxyl groups excluding tert-OH is 1. The Morgan fingerprint density at radius 2 is 1.02 bits per heavy atom. The van der Waals surface area contributed by atoms with Crippen molar-refractivity contribution < 1.29 is 28.8 Å². The number of nitrogens with zero attached hydrogens (tertiary/aromatic N) is 3. The van der Waals surface area contributed by atoms with Crippen LogP contribution in [-0.2, 0) is 50.1 Å². The second-order valence-corrected chi connectivity index (χ2v) is 11.3. The predicted molar refractivity (Wildman–Crippen MR) is 174 cm³/mol. The first-order valence-electron chi connectivity index (χ1n) is 15.6. The summed E-state index contributed by atoms with van der Waals surface area (Å²) in [7, 11) is 0. The lowest BCUT2D eigenvalue weighted by atomic mass is 9.91. The van der Waals surface area contributed by atoms with E-state index in [0.717, 1.165) is 22.3 Å². The van der Waals surface area contributed by atoms with Crippen LogP contribution in [0.4, 0.5) is 0 Å². The quantitative estimate of drug-likeness (QED) is 0.0787. The van der Waals surface area contributed by atoms with E-state index in [1.54, 1.807) is 0 Å². The van der Waals surface area contributed by atoms with Gasteiger partial charge in [0.1, 0.15) is 24.4 Å². The summed E-state index contributed by atoms with van der Waals surface area (Å²) in [4.78, 5) is 2.95. The maximum absolute atomic E-state index is 10.1. The second kappa shape index (κ2) is 18.2. The van der Waals surface area contributed by atoms with E-state index in [9.17, 15) is 10.6 Å². The van der Waals surface area contributed by atoms with Crippen molar-refractivity contribution >= 4 is 0 Å². The summed E-state index contributed by atoms with van der Waals surface area (Å²) in [5, 5.41) is 13.9. The zero-order valence-electron chi connectivity index (χ0n) is 25.8. The van der Waals surface area contributed by atoms with Gasteiger partial charge in [-0.05, 0) is 34.2 Å². The van der Waals surface area contributed by atoms with Gasteiger partial charge in [-0.25, -0.2) is 0 Å². The fourth-order valence-electron chi connectivity index (χ4n) is 5.57. The smallest absolute Gasteiger partial charge is 0.115 e. The minimum atomic E-state index is -0.708. The maximum Gasteiger partial charge on any atom is 0.115 e. The fourth-order valence-corrected chi connectivity index (χ4v) is 5.57. The van der Waals surface area contributed by atoms with Gasteiger partial charge >= 0.3 is 0 Å². The molecule has 4 aromatic carbocycles. The van der Waals surface area contributed by atoms with Crippen molar-refractivity contribution in [3.8, 4) is 0 Å². The highest BCUT2D eigenvalue weighted by atomic mass is 16.6. The Balaban J connectivity index is 1.46. The van der Waals surface area contributed by atoms with Crippen LogP contribution in [0.2, 0.25) is 0 Å². The SMILES string of the molecule is [N-]=[N+]=N[C@@H](CO)C[C@@H]1O[C@H](COCc2ccccc2)[C@H](OCc2ccccc2)[C@H](OCc2ccccc2)[C@H]1OCc1ccccc1. The molecule has 0 amide bonds. The molecule has 46 heavy (non-hydrogen) atoms. The van der Waals surface area contributed by atoms with Crippen LogP contribution < -0.4 is 0 Å². The number of rotatable bonds is 17. The third kappa shape index (κ3) is 9.97. The Morgan fingerprint density at radius 1 is 0.609 bits per heavy atom. The van der Waals surface area contributed by atoms with Gasteiger partial charge in [0.05, 0.1) is 51.8 Å². The minimum Gasteiger partial charge on any atom is -0.396 e. The normalized spacial score (nSPS) is 21.7. The molecule has 6 atom stereocenters. The topological polar surface area (TPSA) is 115 Å². The zero-order chi connectivity index (χ0) is 31.8. The summed E-state index contributed by atoms with van der Waals surface area (Å²) in [6.45, 7) is 1.27. The molecular formula is C37H41N3O6. The van der Waals surface area contributed by atoms with Crippen LogP contribution in [0.25, 0.3) is 10.4 Å². The summed E-state index contributed by atoms with van der Waals surface area (Å²) in [6, 6.07) is 39.0. The summed E-state index contributed by atoms with van der Waals surface area (Å²) < 4.78 is 32.9. The number of aliphatic hydroxyl groups is 1. The molecular weight excluding hydrogens is 582 g/mol. The van der Waals surface area contributed by atoms with Crippen LogP contribution in [0, 0.1) is 0 Å². The summed E-state index contributed by atoms with van der Waals surface area (Å²) in [6.07, 6.45) is -2.66. The van der Waals surface area contributed by atoms with Gasteiger partial charge in [-0.3, -0.25) is 0 Å². The van der Waals surface area contributed by atoms with Crippen LogP contribution in [-0.4, -0.2) is 54.9 Å². The maximum atomic E-state index is 10.1. The van der Waals surface area contributed by atoms with Crippen molar-refractivity contribution in [2.45, 2.75) is 69.4 Å². The van der Waals surface area contributed by atoms with Gasteiger partial charge in [0, 0.05) is 4.91 Å². The molecule has 1 saturated heterocycles. The van der Waals surface area contributed by atoms with Gasteiger partial charge in [0.2, 0.25) is 0 Å². The van der Waals surface area contributed by atoms with E-state index in [0.29, 0.717) is 26.4 Å². The molecule has 9 heteroatoms. The van der Waals surface area contributed by atoms with Crippen LogP contribution in [0.5, 0.6) is 0 Å². The van der Waals surface area contributed by atoms with Crippen LogP contribution in [0.15, 0.2) is 126 Å². The summed E-state index contributed by atoms with van der Waals surface area (Å²) in [5.74, 6) is 0. The van der Waals surface area contributed by atoms with Crippen LogP contribution in [0.3, 0.4) is 0 Å². The summed E-state index contributed by atoms with van der Waals surface area (Å²) in [5.41, 5.74) is 13.2. The first kappa shape index (κ1) is 33.3. The molecule has 1 aliphatic rings. The molecule has 9 nitrogen and oxygen atoms in total. The Labute approximate surface area is 270 Å². The first-order chi connectivity index (χ1) is 22.7. The Morgan fingerprint density at radius 3 is 1.46 bits per heavy atom. The Hall–Kier alpha value is -4.05. The molecule has 1 aliphatic heterocycles. The lowest BCUT2D eigenvalue weighted by molar-refractivity contribution is -0.274. The van der Waals surface area contributed by atoms with Gasteiger partial charge < -0.3 is 28.8 Å². The van der Waals surface area contributed by atoms with Gasteiger partial charge in [-0.15, -0.1) is 0 Å². The van der Waals surface area contributed by atoms with Gasteiger partial charge in [-0.2, -0.15) is 0 Å². The zero-order valence-corrected chi connectivity index (χ0v) is 25.8. The minimum absolute atomic E-state index is 0.228. The average Bonchev–Trinajstić information content (AvgIpc) is 3.11. The number of hydrogen-bond donors (Lipinski definition) is 1. The summed E-state index contributed by atoms with van der Waals surface area (Å²) >= 11 is 0. The van der Waals surface area contributed by atoms with Gasteiger partial charge in [0.25, 0.3) is 0 Å². The number of azide groups is 1. The van der Waals surface area contributed by atoms with Crippen molar-refractivity contribution in [2.75, 3.05) is 13.2 Å². The van der Waals surface area contributed by atoms with Crippen molar-refractivity contribution in [1.82, 2.24) is 0 Å². The molecule has 1 fully saturated rings. The number of hydrogen-bond acceptors (Lipinski definition) is 7. The molecule has 0 saturated carbocycles. The Bertz CT molecular complexity index is 1460. The van der Waals surface area contributed by atoms with E-state index in [4.69, 9.17) is 23.7 Å². The van der Waals surface area contributed by atoms with Gasteiger partial charge in [-0.1, -0.05) is 126 Å². The van der Waals surface area contributed by atoms with Crippen molar-refractivity contribution in [3.63, 3.8) is 0 Å². The highest BCUT2D eigenvalue weighted by Crippen LogP contribution is 2.33. The molecule has 5 rings (SSSR count). The number of benzene rings is 4. The molecule has 240 valence electrons. The third-order valence-corrected chi connectivity index (χ3v) is 7.91.